The highest BCUT2D eigenvalue weighted by Crippen LogP contribution is 2.35. The predicted octanol–water partition coefficient (Wildman–Crippen LogP) is 5.37. The zero-order valence-corrected chi connectivity index (χ0v) is 22.3. The zero-order chi connectivity index (χ0) is 26.8. The van der Waals surface area contributed by atoms with Crippen molar-refractivity contribution in [1.82, 2.24) is 24.6 Å². The molecule has 4 heterocycles. The summed E-state index contributed by atoms with van der Waals surface area (Å²) in [5.74, 6) is 0.189. The van der Waals surface area contributed by atoms with Gasteiger partial charge in [-0.05, 0) is 47.9 Å². The van der Waals surface area contributed by atoms with E-state index in [-0.39, 0.29) is 5.92 Å². The SMILES string of the molecule is CC(C)c1nn(-c2ccc(C#N)c(NCCN3CCOCC3)c2)c2nccc(-c3cnc4ccccc4c3)c12. The number of ether oxygens (including phenoxy) is 1. The van der Waals surface area contributed by atoms with Gasteiger partial charge in [0.1, 0.15) is 6.07 Å². The van der Waals surface area contributed by atoms with E-state index in [0.717, 1.165) is 89.5 Å². The number of benzene rings is 2. The summed E-state index contributed by atoms with van der Waals surface area (Å²) in [5, 5.41) is 20.4. The van der Waals surface area contributed by atoms with Crippen molar-refractivity contribution in [3.05, 3.63) is 78.2 Å². The highest BCUT2D eigenvalue weighted by atomic mass is 16.5. The van der Waals surface area contributed by atoms with Gasteiger partial charge in [0.15, 0.2) is 5.65 Å². The maximum atomic E-state index is 9.76. The fourth-order valence-electron chi connectivity index (χ4n) is 5.19. The van der Waals surface area contributed by atoms with Crippen molar-refractivity contribution >= 4 is 27.6 Å². The summed E-state index contributed by atoms with van der Waals surface area (Å²) in [4.78, 5) is 11.9. The van der Waals surface area contributed by atoms with Crippen molar-refractivity contribution in [2.75, 3.05) is 44.7 Å². The van der Waals surface area contributed by atoms with Crippen LogP contribution in [0.1, 0.15) is 31.0 Å². The van der Waals surface area contributed by atoms with Crippen LogP contribution in [0.3, 0.4) is 0 Å². The molecule has 1 N–H and O–H groups in total. The lowest BCUT2D eigenvalue weighted by Gasteiger charge is -2.26. The van der Waals surface area contributed by atoms with Crippen LogP contribution in [0.2, 0.25) is 0 Å². The fourth-order valence-corrected chi connectivity index (χ4v) is 5.19. The van der Waals surface area contributed by atoms with Gasteiger partial charge in [-0.1, -0.05) is 32.0 Å². The third-order valence-electron chi connectivity index (χ3n) is 7.26. The highest BCUT2D eigenvalue weighted by molar-refractivity contribution is 5.97. The molecule has 1 aliphatic rings. The lowest BCUT2D eigenvalue weighted by molar-refractivity contribution is 0.0398. The van der Waals surface area contributed by atoms with Gasteiger partial charge in [0.05, 0.1) is 46.7 Å². The number of aromatic nitrogens is 4. The summed E-state index contributed by atoms with van der Waals surface area (Å²) in [6.45, 7) is 9.35. The number of pyridine rings is 2. The van der Waals surface area contributed by atoms with E-state index < -0.39 is 0 Å². The molecule has 0 amide bonds. The van der Waals surface area contributed by atoms with Crippen LogP contribution in [0.25, 0.3) is 38.8 Å². The number of nitrogens with one attached hydrogen (secondary N) is 1. The molecule has 39 heavy (non-hydrogen) atoms. The van der Waals surface area contributed by atoms with Crippen LogP contribution in [0.5, 0.6) is 0 Å². The molecule has 0 saturated carbocycles. The maximum Gasteiger partial charge on any atom is 0.163 e. The van der Waals surface area contributed by atoms with E-state index in [1.165, 1.54) is 0 Å². The molecule has 1 fully saturated rings. The average Bonchev–Trinajstić information content (AvgIpc) is 3.38. The van der Waals surface area contributed by atoms with E-state index in [9.17, 15) is 5.26 Å². The van der Waals surface area contributed by atoms with Gasteiger partial charge in [-0.25, -0.2) is 9.67 Å². The first-order valence-corrected chi connectivity index (χ1v) is 13.4. The Bertz CT molecular complexity index is 1680. The second-order valence-electron chi connectivity index (χ2n) is 10.1. The summed E-state index contributed by atoms with van der Waals surface area (Å²) >= 11 is 0. The lowest BCUT2D eigenvalue weighted by atomic mass is 9.98. The van der Waals surface area contributed by atoms with E-state index in [2.05, 4.69) is 42.3 Å². The van der Waals surface area contributed by atoms with Gasteiger partial charge < -0.3 is 10.1 Å². The van der Waals surface area contributed by atoms with Crippen molar-refractivity contribution in [2.24, 2.45) is 0 Å². The first-order valence-electron chi connectivity index (χ1n) is 13.4. The van der Waals surface area contributed by atoms with Crippen LogP contribution < -0.4 is 5.32 Å². The topological polar surface area (TPSA) is 91.9 Å². The van der Waals surface area contributed by atoms with Crippen molar-refractivity contribution in [2.45, 2.75) is 19.8 Å². The largest absolute Gasteiger partial charge is 0.383 e. The van der Waals surface area contributed by atoms with E-state index in [0.29, 0.717) is 5.56 Å². The summed E-state index contributed by atoms with van der Waals surface area (Å²) < 4.78 is 7.35. The van der Waals surface area contributed by atoms with Gasteiger partial charge in [0.25, 0.3) is 0 Å². The van der Waals surface area contributed by atoms with Crippen molar-refractivity contribution in [1.29, 1.82) is 5.26 Å². The van der Waals surface area contributed by atoms with E-state index in [1.54, 1.807) is 0 Å². The van der Waals surface area contributed by atoms with Crippen LogP contribution in [0.15, 0.2) is 67.0 Å². The first kappa shape index (κ1) is 25.0. The molecule has 5 aromatic rings. The molecule has 196 valence electrons. The van der Waals surface area contributed by atoms with Crippen molar-refractivity contribution in [3.63, 3.8) is 0 Å². The Kier molecular flexibility index (Phi) is 6.93. The minimum atomic E-state index is 0.189. The minimum Gasteiger partial charge on any atom is -0.383 e. The van der Waals surface area contributed by atoms with Gasteiger partial charge in [-0.2, -0.15) is 10.4 Å². The molecule has 2 aromatic carbocycles. The van der Waals surface area contributed by atoms with Gasteiger partial charge in [-0.15, -0.1) is 0 Å². The highest BCUT2D eigenvalue weighted by Gasteiger charge is 2.21. The number of nitrogens with zero attached hydrogens (tertiary/aromatic N) is 6. The molecule has 8 heteroatoms. The molecule has 6 rings (SSSR count). The van der Waals surface area contributed by atoms with Crippen LogP contribution in [-0.2, 0) is 4.74 Å². The van der Waals surface area contributed by atoms with Crippen LogP contribution in [0.4, 0.5) is 5.69 Å². The molecule has 0 atom stereocenters. The fraction of sp³-hybridized carbons (Fsp3) is 0.290. The monoisotopic (exact) mass is 517 g/mol. The first-order chi connectivity index (χ1) is 19.1. The smallest absolute Gasteiger partial charge is 0.163 e. The number of hydrogen-bond donors (Lipinski definition) is 1. The molecule has 0 bridgehead atoms. The molecule has 0 radical (unpaired) electrons. The normalized spacial score (nSPS) is 14.2. The molecule has 8 nitrogen and oxygen atoms in total. The van der Waals surface area contributed by atoms with E-state index in [4.69, 9.17) is 19.8 Å². The summed E-state index contributed by atoms with van der Waals surface area (Å²) in [7, 11) is 0. The molecular formula is C31H31N7O. The van der Waals surface area contributed by atoms with E-state index >= 15 is 0 Å². The molecule has 0 unspecified atom stereocenters. The molecule has 0 spiro atoms. The second kappa shape index (κ2) is 10.8. The predicted molar refractivity (Wildman–Crippen MR) is 154 cm³/mol. The Labute approximate surface area is 227 Å². The summed E-state index contributed by atoms with van der Waals surface area (Å²) in [5.41, 5.74) is 7.10. The Balaban J connectivity index is 1.40. The Hall–Kier alpha value is -4.32. The number of rotatable bonds is 7. The quantitative estimate of drug-likeness (QED) is 0.310. The number of anilines is 1. The van der Waals surface area contributed by atoms with Crippen LogP contribution in [-0.4, -0.2) is 64.0 Å². The third kappa shape index (κ3) is 4.94. The number of para-hydroxylation sites is 1. The number of nitriles is 1. The Morgan fingerprint density at radius 2 is 1.90 bits per heavy atom. The van der Waals surface area contributed by atoms with Crippen molar-refractivity contribution < 1.29 is 4.74 Å². The molecular weight excluding hydrogens is 486 g/mol. The lowest BCUT2D eigenvalue weighted by Crippen LogP contribution is -2.39. The summed E-state index contributed by atoms with van der Waals surface area (Å²) in [6.07, 6.45) is 3.76. The van der Waals surface area contributed by atoms with Gasteiger partial charge in [0.2, 0.25) is 0 Å². The zero-order valence-electron chi connectivity index (χ0n) is 22.3. The molecule has 3 aromatic heterocycles. The minimum absolute atomic E-state index is 0.189. The average molecular weight is 518 g/mol. The number of morpholine rings is 1. The number of fused-ring (bicyclic) bond motifs is 2. The summed E-state index contributed by atoms with van der Waals surface area (Å²) in [6, 6.07) is 20.5. The van der Waals surface area contributed by atoms with Gasteiger partial charge in [0, 0.05) is 49.5 Å². The van der Waals surface area contributed by atoms with Crippen molar-refractivity contribution in [3.8, 4) is 22.9 Å². The maximum absolute atomic E-state index is 9.76. The van der Waals surface area contributed by atoms with Crippen LogP contribution >= 0.6 is 0 Å². The third-order valence-corrected chi connectivity index (χ3v) is 7.26. The van der Waals surface area contributed by atoms with Gasteiger partial charge >= 0.3 is 0 Å². The molecule has 1 saturated heterocycles. The Morgan fingerprint density at radius 1 is 1.05 bits per heavy atom. The molecule has 0 aliphatic carbocycles. The second-order valence-corrected chi connectivity index (χ2v) is 10.1. The van der Waals surface area contributed by atoms with Crippen LogP contribution in [0, 0.1) is 11.3 Å². The Morgan fingerprint density at radius 3 is 2.72 bits per heavy atom. The number of hydrogen-bond acceptors (Lipinski definition) is 7. The molecule has 1 aliphatic heterocycles. The van der Waals surface area contributed by atoms with E-state index in [1.807, 2.05) is 59.5 Å². The standard InChI is InChI=1S/C31H31N7O/c1-21(2)30-29-26(24-17-22-5-3-4-6-27(22)35-20-24)9-10-34-31(29)38(36-30)25-8-7-23(19-32)28(18-25)33-11-12-37-13-15-39-16-14-37/h3-10,17-18,20-21,33H,11-16H2,1-2H3. The van der Waals surface area contributed by atoms with Gasteiger partial charge in [-0.3, -0.25) is 9.88 Å².